The summed E-state index contributed by atoms with van der Waals surface area (Å²) < 4.78 is 29.6. The van der Waals surface area contributed by atoms with Crippen molar-refractivity contribution in [3.8, 4) is 5.75 Å². The van der Waals surface area contributed by atoms with Gasteiger partial charge in [-0.15, -0.1) is 0 Å². The smallest absolute Gasteiger partial charge is 0.259 e. The van der Waals surface area contributed by atoms with Crippen LogP contribution in [0.15, 0.2) is 35.1 Å². The molecule has 0 spiro atoms. The number of methoxy groups -OCH3 is 1. The summed E-state index contributed by atoms with van der Waals surface area (Å²) in [5.41, 5.74) is 0.387. The van der Waals surface area contributed by atoms with Crippen LogP contribution in [-0.4, -0.2) is 48.4 Å². The van der Waals surface area contributed by atoms with Gasteiger partial charge in [0, 0.05) is 19.7 Å². The van der Waals surface area contributed by atoms with Crippen molar-refractivity contribution in [2.24, 2.45) is 0 Å². The molecule has 1 aromatic heterocycles. The number of aromatic nitrogens is 1. The Morgan fingerprint density at radius 3 is 3.00 bits per heavy atom. The molecule has 1 fully saturated rings. The lowest BCUT2D eigenvalue weighted by atomic mass is 9.92. The Morgan fingerprint density at radius 2 is 2.32 bits per heavy atom. The lowest BCUT2D eigenvalue weighted by Crippen LogP contribution is -2.54. The third-order valence-electron chi connectivity index (χ3n) is 4.54. The molecular weight excluding hydrogens is 327 g/mol. The lowest BCUT2D eigenvalue weighted by molar-refractivity contribution is -0.0825. The van der Waals surface area contributed by atoms with E-state index in [9.17, 15) is 9.18 Å². The van der Waals surface area contributed by atoms with Crippen molar-refractivity contribution in [2.75, 3.05) is 26.8 Å². The number of ether oxygens (including phenoxy) is 2. The Morgan fingerprint density at radius 1 is 1.48 bits per heavy atom. The Kier molecular flexibility index (Phi) is 5.03. The molecule has 25 heavy (non-hydrogen) atoms. The first-order valence-electron chi connectivity index (χ1n) is 8.17. The number of amides is 1. The molecule has 0 bridgehead atoms. The van der Waals surface area contributed by atoms with Gasteiger partial charge in [0.1, 0.15) is 35.6 Å². The van der Waals surface area contributed by atoms with Crippen LogP contribution in [0.2, 0.25) is 0 Å². The van der Waals surface area contributed by atoms with E-state index in [0.29, 0.717) is 30.1 Å². The number of hydrogen-bond donors (Lipinski definition) is 0. The van der Waals surface area contributed by atoms with Crippen molar-refractivity contribution >= 4 is 5.91 Å². The van der Waals surface area contributed by atoms with Crippen LogP contribution in [0.4, 0.5) is 4.39 Å². The zero-order valence-corrected chi connectivity index (χ0v) is 14.3. The number of benzene rings is 1. The average molecular weight is 348 g/mol. The van der Waals surface area contributed by atoms with Crippen LogP contribution >= 0.6 is 0 Å². The zero-order chi connectivity index (χ0) is 17.9. The molecule has 7 heteroatoms. The van der Waals surface area contributed by atoms with Gasteiger partial charge in [0.2, 0.25) is 0 Å². The highest BCUT2D eigenvalue weighted by Gasteiger charge is 2.39. The second kappa shape index (κ2) is 7.23. The molecule has 1 saturated heterocycles. The monoisotopic (exact) mass is 348 g/mol. The summed E-state index contributed by atoms with van der Waals surface area (Å²) in [6.07, 6.45) is 2.91. The first-order chi connectivity index (χ1) is 12.0. The molecular formula is C18H21FN2O4. The van der Waals surface area contributed by atoms with E-state index >= 15 is 0 Å². The van der Waals surface area contributed by atoms with E-state index in [2.05, 4.69) is 5.16 Å². The quantitative estimate of drug-likeness (QED) is 0.831. The molecule has 2 heterocycles. The van der Waals surface area contributed by atoms with Crippen molar-refractivity contribution < 1.29 is 23.2 Å². The van der Waals surface area contributed by atoms with Crippen molar-refractivity contribution in [1.29, 1.82) is 0 Å². The van der Waals surface area contributed by atoms with Crippen molar-refractivity contribution in [2.45, 2.75) is 25.4 Å². The van der Waals surface area contributed by atoms with Crippen LogP contribution in [0.3, 0.4) is 0 Å². The van der Waals surface area contributed by atoms with E-state index in [1.807, 2.05) is 0 Å². The summed E-state index contributed by atoms with van der Waals surface area (Å²) in [6.45, 7) is 2.99. The van der Waals surface area contributed by atoms with E-state index < -0.39 is 5.60 Å². The Bertz CT molecular complexity index is 748. The van der Waals surface area contributed by atoms with Gasteiger partial charge in [-0.3, -0.25) is 4.79 Å². The maximum Gasteiger partial charge on any atom is 0.259 e. The van der Waals surface area contributed by atoms with Crippen molar-refractivity contribution in [1.82, 2.24) is 10.1 Å². The average Bonchev–Trinajstić information content (AvgIpc) is 3.05. The third kappa shape index (κ3) is 3.82. The van der Waals surface area contributed by atoms with E-state index in [1.165, 1.54) is 18.4 Å². The largest absolute Gasteiger partial charge is 0.490 e. The van der Waals surface area contributed by atoms with E-state index in [-0.39, 0.29) is 18.3 Å². The number of carbonyl (C=O) groups is 1. The summed E-state index contributed by atoms with van der Waals surface area (Å²) in [6, 6.07) is 5.98. The third-order valence-corrected chi connectivity index (χ3v) is 4.54. The normalized spacial score (nSPS) is 20.5. The van der Waals surface area contributed by atoms with Gasteiger partial charge >= 0.3 is 0 Å². The molecule has 3 rings (SSSR count). The minimum absolute atomic E-state index is 0.134. The summed E-state index contributed by atoms with van der Waals surface area (Å²) in [5, 5.41) is 3.76. The second-order valence-electron chi connectivity index (χ2n) is 6.28. The van der Waals surface area contributed by atoms with Crippen LogP contribution in [0.25, 0.3) is 0 Å². The van der Waals surface area contributed by atoms with Crippen molar-refractivity contribution in [3.63, 3.8) is 0 Å². The highest BCUT2D eigenvalue weighted by Crippen LogP contribution is 2.27. The van der Waals surface area contributed by atoms with Gasteiger partial charge in [-0.1, -0.05) is 11.2 Å². The fourth-order valence-electron chi connectivity index (χ4n) is 3.05. The number of nitrogens with zero attached hydrogens (tertiary/aromatic N) is 2. The first-order valence-corrected chi connectivity index (χ1v) is 8.17. The molecule has 2 aromatic rings. The summed E-state index contributed by atoms with van der Waals surface area (Å²) in [4.78, 5) is 14.4. The molecule has 1 aliphatic heterocycles. The molecule has 1 atom stereocenters. The van der Waals surface area contributed by atoms with Crippen LogP contribution in [0, 0.1) is 12.7 Å². The van der Waals surface area contributed by atoms with Gasteiger partial charge in [-0.05, 0) is 31.9 Å². The minimum atomic E-state index is -0.634. The van der Waals surface area contributed by atoms with Gasteiger partial charge in [-0.2, -0.15) is 0 Å². The molecule has 134 valence electrons. The molecule has 1 aliphatic rings. The number of likely N-dealkylation sites (tertiary alicyclic amines) is 1. The van der Waals surface area contributed by atoms with Gasteiger partial charge in [0.25, 0.3) is 5.91 Å². The number of aryl methyl sites for hydroxylation is 1. The van der Waals surface area contributed by atoms with Crippen LogP contribution in [0.5, 0.6) is 5.75 Å². The number of piperidine rings is 1. The van der Waals surface area contributed by atoms with Crippen LogP contribution < -0.4 is 4.74 Å². The lowest BCUT2D eigenvalue weighted by Gasteiger charge is -2.41. The Balaban J connectivity index is 1.70. The molecule has 0 saturated carbocycles. The molecule has 1 aromatic carbocycles. The van der Waals surface area contributed by atoms with Gasteiger partial charge in [-0.25, -0.2) is 4.39 Å². The van der Waals surface area contributed by atoms with E-state index in [0.717, 1.165) is 12.8 Å². The molecule has 0 unspecified atom stereocenters. The van der Waals surface area contributed by atoms with Gasteiger partial charge in [0.05, 0.1) is 12.2 Å². The topological polar surface area (TPSA) is 64.8 Å². The number of hydrogen-bond acceptors (Lipinski definition) is 5. The Hall–Kier alpha value is -2.41. The van der Waals surface area contributed by atoms with Gasteiger partial charge < -0.3 is 18.9 Å². The summed E-state index contributed by atoms with van der Waals surface area (Å²) in [5.74, 6) is -0.0484. The number of carbonyl (C=O) groups excluding carboxylic acids is 1. The maximum atomic E-state index is 13.3. The Labute approximate surface area is 145 Å². The van der Waals surface area contributed by atoms with E-state index in [1.54, 1.807) is 31.1 Å². The number of halogens is 1. The molecule has 0 radical (unpaired) electrons. The molecule has 1 amide bonds. The fourth-order valence-corrected chi connectivity index (χ4v) is 3.05. The summed E-state index contributed by atoms with van der Waals surface area (Å²) >= 11 is 0. The number of rotatable bonds is 5. The second-order valence-corrected chi connectivity index (χ2v) is 6.28. The predicted octanol–water partition coefficient (Wildman–Crippen LogP) is 2.82. The predicted molar refractivity (Wildman–Crippen MR) is 88.0 cm³/mol. The first kappa shape index (κ1) is 17.4. The highest BCUT2D eigenvalue weighted by molar-refractivity contribution is 5.94. The minimum Gasteiger partial charge on any atom is -0.490 e. The fraction of sp³-hybridized carbons (Fsp3) is 0.444. The van der Waals surface area contributed by atoms with Gasteiger partial charge in [0.15, 0.2) is 0 Å². The van der Waals surface area contributed by atoms with E-state index in [4.69, 9.17) is 14.0 Å². The van der Waals surface area contributed by atoms with Crippen LogP contribution in [0.1, 0.15) is 28.9 Å². The standard InChI is InChI=1S/C18H21FN2O4/c1-13-16(10-25-20-13)17(22)21-8-4-7-18(11-21,23-2)12-24-15-6-3-5-14(19)9-15/h3,5-6,9-10H,4,7-8,11-12H2,1-2H3/t18-/m1/s1. The van der Waals surface area contributed by atoms with Crippen LogP contribution in [-0.2, 0) is 4.74 Å². The summed E-state index contributed by atoms with van der Waals surface area (Å²) in [7, 11) is 1.60. The molecule has 6 nitrogen and oxygen atoms in total. The highest BCUT2D eigenvalue weighted by atomic mass is 19.1. The maximum absolute atomic E-state index is 13.3. The SMILES string of the molecule is CO[C@]1(COc2cccc(F)c2)CCCN(C(=O)c2conc2C)C1. The van der Waals surface area contributed by atoms with Crippen molar-refractivity contribution in [3.05, 3.63) is 47.6 Å². The molecule has 0 N–H and O–H groups in total. The molecule has 0 aliphatic carbocycles. The zero-order valence-electron chi connectivity index (χ0n) is 14.3.